The Morgan fingerprint density at radius 1 is 1.45 bits per heavy atom. The second kappa shape index (κ2) is 6.45. The molecule has 1 fully saturated rings. The molecule has 110 valence electrons. The predicted molar refractivity (Wildman–Crippen MR) is 78.3 cm³/mol. The molecule has 2 rings (SSSR count). The highest BCUT2D eigenvalue weighted by atomic mass is 32.1. The van der Waals surface area contributed by atoms with E-state index in [0.717, 1.165) is 23.5 Å². The summed E-state index contributed by atoms with van der Waals surface area (Å²) in [6, 6.07) is -0.367. The van der Waals surface area contributed by atoms with E-state index >= 15 is 0 Å². The number of carbonyl (C=O) groups is 2. The molecule has 1 aromatic heterocycles. The molecule has 1 aliphatic rings. The van der Waals surface area contributed by atoms with E-state index in [1.165, 1.54) is 4.90 Å². The van der Waals surface area contributed by atoms with Gasteiger partial charge in [0.05, 0.1) is 23.2 Å². The zero-order valence-electron chi connectivity index (χ0n) is 12.2. The van der Waals surface area contributed by atoms with Gasteiger partial charge in [0.15, 0.2) is 0 Å². The van der Waals surface area contributed by atoms with Crippen molar-refractivity contribution in [2.75, 3.05) is 0 Å². The fourth-order valence-corrected chi connectivity index (χ4v) is 3.18. The Bertz CT molecular complexity index is 496. The first-order chi connectivity index (χ1) is 9.56. The standard InChI is InChI=1S/C14H21N3O2S/c1-4-11(5-2)17-13(18)6-12(14(17)19)15-7-10-8-20-9(3)16-10/h8,11-12,15H,4-7H2,1-3H3. The van der Waals surface area contributed by atoms with Gasteiger partial charge in [-0.1, -0.05) is 13.8 Å². The quantitative estimate of drug-likeness (QED) is 0.814. The van der Waals surface area contributed by atoms with Crippen molar-refractivity contribution in [1.29, 1.82) is 0 Å². The zero-order chi connectivity index (χ0) is 14.7. The molecule has 0 radical (unpaired) electrons. The molecule has 0 bridgehead atoms. The average Bonchev–Trinajstić information content (AvgIpc) is 2.95. The van der Waals surface area contributed by atoms with Crippen LogP contribution in [0.4, 0.5) is 0 Å². The van der Waals surface area contributed by atoms with Gasteiger partial charge >= 0.3 is 0 Å². The Balaban J connectivity index is 1.97. The zero-order valence-corrected chi connectivity index (χ0v) is 13.0. The molecular formula is C14H21N3O2S. The third-order valence-electron chi connectivity index (χ3n) is 3.69. The van der Waals surface area contributed by atoms with Gasteiger partial charge in [-0.05, 0) is 19.8 Å². The van der Waals surface area contributed by atoms with Crippen molar-refractivity contribution in [1.82, 2.24) is 15.2 Å². The maximum Gasteiger partial charge on any atom is 0.247 e. The monoisotopic (exact) mass is 295 g/mol. The first kappa shape index (κ1) is 15.1. The number of likely N-dealkylation sites (tertiary alicyclic amines) is 1. The number of imide groups is 1. The Hall–Kier alpha value is -1.27. The number of hydrogen-bond donors (Lipinski definition) is 1. The maximum absolute atomic E-state index is 12.3. The molecule has 20 heavy (non-hydrogen) atoms. The van der Waals surface area contributed by atoms with Crippen LogP contribution in [-0.4, -0.2) is 33.8 Å². The summed E-state index contributed by atoms with van der Waals surface area (Å²) < 4.78 is 0. The van der Waals surface area contributed by atoms with Crippen molar-refractivity contribution in [3.63, 3.8) is 0 Å². The van der Waals surface area contributed by atoms with E-state index in [9.17, 15) is 9.59 Å². The van der Waals surface area contributed by atoms with Gasteiger partial charge in [0.25, 0.3) is 0 Å². The van der Waals surface area contributed by atoms with E-state index < -0.39 is 6.04 Å². The lowest BCUT2D eigenvalue weighted by Gasteiger charge is -2.24. The summed E-state index contributed by atoms with van der Waals surface area (Å²) >= 11 is 1.59. The fourth-order valence-electron chi connectivity index (χ4n) is 2.57. The molecule has 0 aliphatic carbocycles. The highest BCUT2D eigenvalue weighted by Gasteiger charge is 2.40. The van der Waals surface area contributed by atoms with Crippen LogP contribution in [-0.2, 0) is 16.1 Å². The molecule has 0 aromatic carbocycles. The Kier molecular flexibility index (Phi) is 4.88. The van der Waals surface area contributed by atoms with E-state index in [1.54, 1.807) is 11.3 Å². The second-order valence-electron chi connectivity index (χ2n) is 5.07. The van der Waals surface area contributed by atoms with Gasteiger partial charge in [-0.25, -0.2) is 4.98 Å². The molecule has 2 amide bonds. The van der Waals surface area contributed by atoms with E-state index in [4.69, 9.17) is 0 Å². The van der Waals surface area contributed by atoms with Crippen molar-refractivity contribution in [2.45, 2.75) is 58.7 Å². The highest BCUT2D eigenvalue weighted by Crippen LogP contribution is 2.20. The normalized spacial score (nSPS) is 19.4. The number of rotatable bonds is 6. The lowest BCUT2D eigenvalue weighted by atomic mass is 10.1. The van der Waals surface area contributed by atoms with Crippen LogP contribution in [0.1, 0.15) is 43.8 Å². The molecule has 1 saturated heterocycles. The summed E-state index contributed by atoms with van der Waals surface area (Å²) in [5.74, 6) is -0.147. The molecule has 1 N–H and O–H groups in total. The van der Waals surface area contributed by atoms with Crippen LogP contribution >= 0.6 is 11.3 Å². The van der Waals surface area contributed by atoms with Crippen molar-refractivity contribution in [3.05, 3.63) is 16.1 Å². The highest BCUT2D eigenvalue weighted by molar-refractivity contribution is 7.09. The lowest BCUT2D eigenvalue weighted by Crippen LogP contribution is -2.43. The molecule has 5 nitrogen and oxygen atoms in total. The summed E-state index contributed by atoms with van der Waals surface area (Å²) in [5, 5.41) is 6.14. The summed E-state index contributed by atoms with van der Waals surface area (Å²) in [4.78, 5) is 30.1. The minimum atomic E-state index is -0.398. The molecule has 2 heterocycles. The summed E-state index contributed by atoms with van der Waals surface area (Å²) in [7, 11) is 0. The van der Waals surface area contributed by atoms with Crippen molar-refractivity contribution >= 4 is 23.2 Å². The summed E-state index contributed by atoms with van der Waals surface area (Å²) in [6.45, 7) is 6.50. The molecule has 1 atom stereocenters. The van der Waals surface area contributed by atoms with Crippen molar-refractivity contribution in [2.24, 2.45) is 0 Å². The van der Waals surface area contributed by atoms with Gasteiger partial charge in [0.2, 0.25) is 11.8 Å². The van der Waals surface area contributed by atoms with E-state index in [2.05, 4.69) is 10.3 Å². The third-order valence-corrected chi connectivity index (χ3v) is 4.51. The van der Waals surface area contributed by atoms with Crippen LogP contribution in [0.5, 0.6) is 0 Å². The minimum Gasteiger partial charge on any atom is -0.300 e. The van der Waals surface area contributed by atoms with Gasteiger partial charge in [0.1, 0.15) is 0 Å². The van der Waals surface area contributed by atoms with Crippen LogP contribution < -0.4 is 5.32 Å². The number of hydrogen-bond acceptors (Lipinski definition) is 5. The number of nitrogens with one attached hydrogen (secondary N) is 1. The van der Waals surface area contributed by atoms with Crippen molar-refractivity contribution < 1.29 is 9.59 Å². The number of carbonyl (C=O) groups excluding carboxylic acids is 2. The fraction of sp³-hybridized carbons (Fsp3) is 0.643. The van der Waals surface area contributed by atoms with Gasteiger partial charge in [-0.15, -0.1) is 11.3 Å². The first-order valence-electron chi connectivity index (χ1n) is 7.07. The summed E-state index contributed by atoms with van der Waals surface area (Å²) in [5.41, 5.74) is 0.925. The van der Waals surface area contributed by atoms with Crippen LogP contribution in [0.25, 0.3) is 0 Å². The topological polar surface area (TPSA) is 62.3 Å². The molecule has 1 unspecified atom stereocenters. The van der Waals surface area contributed by atoms with Crippen LogP contribution in [0, 0.1) is 6.92 Å². The van der Waals surface area contributed by atoms with Crippen LogP contribution in [0.2, 0.25) is 0 Å². The van der Waals surface area contributed by atoms with Gasteiger partial charge < -0.3 is 0 Å². The van der Waals surface area contributed by atoms with Gasteiger partial charge in [-0.3, -0.25) is 19.8 Å². The smallest absolute Gasteiger partial charge is 0.247 e. The average molecular weight is 295 g/mol. The SMILES string of the molecule is CCC(CC)N1C(=O)CC(NCc2csc(C)n2)C1=O. The number of aryl methyl sites for hydroxylation is 1. The Morgan fingerprint density at radius 3 is 2.70 bits per heavy atom. The molecule has 0 saturated carbocycles. The number of aromatic nitrogens is 1. The third kappa shape index (κ3) is 3.07. The Labute approximate surface area is 123 Å². The van der Waals surface area contributed by atoms with Crippen LogP contribution in [0.3, 0.4) is 0 Å². The van der Waals surface area contributed by atoms with Crippen LogP contribution in [0.15, 0.2) is 5.38 Å². The molecule has 1 aromatic rings. The van der Waals surface area contributed by atoms with Gasteiger partial charge in [-0.2, -0.15) is 0 Å². The van der Waals surface area contributed by atoms with Gasteiger partial charge in [0, 0.05) is 18.0 Å². The number of nitrogens with zero attached hydrogens (tertiary/aromatic N) is 2. The first-order valence-corrected chi connectivity index (χ1v) is 7.95. The van der Waals surface area contributed by atoms with Crippen molar-refractivity contribution in [3.8, 4) is 0 Å². The molecule has 0 spiro atoms. The second-order valence-corrected chi connectivity index (χ2v) is 6.13. The Morgan fingerprint density at radius 2 is 2.15 bits per heavy atom. The summed E-state index contributed by atoms with van der Waals surface area (Å²) in [6.07, 6.45) is 1.89. The maximum atomic E-state index is 12.3. The predicted octanol–water partition coefficient (Wildman–Crippen LogP) is 1.86. The molecular weight excluding hydrogens is 274 g/mol. The van der Waals surface area contributed by atoms with E-state index in [0.29, 0.717) is 6.54 Å². The molecule has 1 aliphatic heterocycles. The number of amides is 2. The van der Waals surface area contributed by atoms with E-state index in [-0.39, 0.29) is 24.3 Å². The van der Waals surface area contributed by atoms with E-state index in [1.807, 2.05) is 26.2 Å². The number of thiazole rings is 1. The largest absolute Gasteiger partial charge is 0.300 e. The minimum absolute atomic E-state index is 0.0308. The molecule has 6 heteroatoms. The lowest BCUT2D eigenvalue weighted by molar-refractivity contribution is -0.141.